The molecule has 1 aliphatic carbocycles. The van der Waals surface area contributed by atoms with Gasteiger partial charge in [0.05, 0.1) is 23.9 Å². The molecular weight excluding hydrogens is 813 g/mol. The summed E-state index contributed by atoms with van der Waals surface area (Å²) < 4.78 is 11.0. The molecule has 0 spiro atoms. The van der Waals surface area contributed by atoms with E-state index < -0.39 is 11.8 Å². The van der Waals surface area contributed by atoms with Gasteiger partial charge in [0.1, 0.15) is 12.2 Å². The highest BCUT2D eigenvalue weighted by atomic mass is 16.5. The molecule has 0 saturated heterocycles. The van der Waals surface area contributed by atoms with Gasteiger partial charge in [0.2, 0.25) is 5.78 Å². The molecule has 0 saturated carbocycles. The fourth-order valence-corrected chi connectivity index (χ4v) is 10.4. The third-order valence-electron chi connectivity index (χ3n) is 14.5. The summed E-state index contributed by atoms with van der Waals surface area (Å²) in [4.78, 5) is 58.8. The summed E-state index contributed by atoms with van der Waals surface area (Å²) in [5.41, 5.74) is 10.2. The van der Waals surface area contributed by atoms with Crippen molar-refractivity contribution in [1.82, 2.24) is 19.9 Å². The Hall–Kier alpha value is -5.25. The molecule has 0 radical (unpaired) electrons. The van der Waals surface area contributed by atoms with Crippen molar-refractivity contribution in [3.05, 3.63) is 91.4 Å². The van der Waals surface area contributed by atoms with Gasteiger partial charge in [-0.3, -0.25) is 19.6 Å². The zero-order chi connectivity index (χ0) is 47.3. The first-order valence-electron chi connectivity index (χ1n) is 24.2. The summed E-state index contributed by atoms with van der Waals surface area (Å²) >= 11 is 0. The van der Waals surface area contributed by atoms with Crippen molar-refractivity contribution >= 4 is 51.1 Å². The Morgan fingerprint density at radius 2 is 1.45 bits per heavy atom. The van der Waals surface area contributed by atoms with Crippen LogP contribution in [0.15, 0.2) is 41.5 Å². The number of rotatable bonds is 18. The second-order valence-electron chi connectivity index (χ2n) is 19.7. The SMILES string of the molecule is CCC1c2cc3[nH]c4c(c3C)C(=O)C(C(=O)OC)=c4c3nc(cc4[nH]c(cc(n2)C1C)/c(=C(/C)[O-])c4C)[C@@H](C)[C@@H]3CCC(=O)OC/C=C(\C)CCC[C@H](C)CCC[C@H](C)CCC=C(C)C. The van der Waals surface area contributed by atoms with Crippen LogP contribution in [0.1, 0.15) is 201 Å². The largest absolute Gasteiger partial charge is 0.875 e. The maximum absolute atomic E-state index is 14.4. The lowest BCUT2D eigenvalue weighted by molar-refractivity contribution is -0.248. The Balaban J connectivity index is 1.27. The van der Waals surface area contributed by atoms with Crippen LogP contribution in [0, 0.1) is 25.7 Å². The standard InChI is InChI=1S/C55H74N4O6/c1-13-39-34(7)41-29-46-48(38(11)60)36(9)43(57-46)27-42-35(8)40(52(58-42)50-51(55(63)64-12)54(62)49-37(10)44(59-53(49)50)28-45(39)56-41)23-24-47(61)65-26-25-33(6)22-16-21-32(5)20-15-19-31(4)18-14-17-30(2)3/h17,25,27-29,31-32,34-35,39-40,57,59-60H,13-16,18-24,26H2,1-12H3/p-1/b33-25+,42-27?,45-28?,46-29?,48-38-/t31-,32-,34?,35+,39?,40+/m1/s1. The van der Waals surface area contributed by atoms with Gasteiger partial charge in [0.15, 0.2) is 0 Å². The Bertz CT molecular complexity index is 2650. The molecule has 0 amide bonds. The fourth-order valence-electron chi connectivity index (χ4n) is 10.4. The van der Waals surface area contributed by atoms with E-state index in [-0.39, 0.29) is 54.0 Å². The molecule has 8 bridgehead atoms. The van der Waals surface area contributed by atoms with Crippen LogP contribution >= 0.6 is 0 Å². The molecule has 3 aliphatic rings. The number of carbonyl (C=O) groups is 3. The van der Waals surface area contributed by atoms with Gasteiger partial charge in [-0.2, -0.15) is 0 Å². The van der Waals surface area contributed by atoms with Crippen molar-refractivity contribution in [3.8, 4) is 0 Å². The molecule has 0 fully saturated rings. The van der Waals surface area contributed by atoms with Crippen LogP contribution in [0.25, 0.3) is 33.4 Å². The summed E-state index contributed by atoms with van der Waals surface area (Å²) in [6.07, 6.45) is 15.3. The number of nitrogens with one attached hydrogen (secondary N) is 2. The lowest BCUT2D eigenvalue weighted by atomic mass is 9.86. The number of aryl methyl sites for hydroxylation is 2. The molecule has 2 N–H and O–H groups in total. The molecule has 350 valence electrons. The monoisotopic (exact) mass is 886 g/mol. The van der Waals surface area contributed by atoms with E-state index in [9.17, 15) is 19.5 Å². The molecule has 3 aromatic rings. The number of carbonyl (C=O) groups excluding carboxylic acids is 3. The second-order valence-corrected chi connectivity index (χ2v) is 19.7. The fraction of sp³-hybridized carbons (Fsp3) is 0.545. The minimum atomic E-state index is -0.738. The maximum atomic E-state index is 14.4. The summed E-state index contributed by atoms with van der Waals surface area (Å²) in [6, 6.07) is 5.96. The van der Waals surface area contributed by atoms with Crippen molar-refractivity contribution in [2.24, 2.45) is 11.8 Å². The number of H-pyrrole nitrogens is 2. The molecule has 65 heavy (non-hydrogen) atoms. The van der Waals surface area contributed by atoms with Gasteiger partial charge in [-0.1, -0.05) is 84.4 Å². The number of ether oxygens (including phenoxy) is 2. The Morgan fingerprint density at radius 3 is 2.12 bits per heavy atom. The van der Waals surface area contributed by atoms with Gasteiger partial charge in [0, 0.05) is 68.9 Å². The Kier molecular flexibility index (Phi) is 16.2. The Labute approximate surface area is 386 Å². The maximum Gasteiger partial charge on any atom is 0.342 e. The van der Waals surface area contributed by atoms with Crippen LogP contribution in [0.4, 0.5) is 0 Å². The number of aromatic nitrogens is 4. The van der Waals surface area contributed by atoms with Crippen molar-refractivity contribution in [3.63, 3.8) is 0 Å². The third-order valence-corrected chi connectivity index (χ3v) is 14.5. The zero-order valence-corrected chi connectivity index (χ0v) is 41.2. The summed E-state index contributed by atoms with van der Waals surface area (Å²) in [5.74, 6) is -0.453. The number of allylic oxidation sites excluding steroid dienone is 3. The smallest absolute Gasteiger partial charge is 0.342 e. The van der Waals surface area contributed by atoms with E-state index in [0.29, 0.717) is 56.3 Å². The average Bonchev–Trinajstić information content (AvgIpc) is 4.00. The molecule has 2 aliphatic heterocycles. The van der Waals surface area contributed by atoms with E-state index in [1.807, 2.05) is 38.1 Å². The highest BCUT2D eigenvalue weighted by molar-refractivity contribution is 6.48. The van der Waals surface area contributed by atoms with Gasteiger partial charge >= 0.3 is 11.9 Å². The van der Waals surface area contributed by atoms with Crippen LogP contribution < -0.4 is 15.5 Å². The molecule has 10 nitrogen and oxygen atoms in total. The Morgan fingerprint density at radius 1 is 0.815 bits per heavy atom. The molecule has 6 atom stereocenters. The lowest BCUT2D eigenvalue weighted by Gasteiger charge is -2.16. The summed E-state index contributed by atoms with van der Waals surface area (Å²) in [6.45, 7) is 23.1. The minimum Gasteiger partial charge on any atom is -0.875 e. The molecule has 2 unspecified atom stereocenters. The third kappa shape index (κ3) is 10.9. The first-order chi connectivity index (χ1) is 30.9. The molecule has 0 aromatic carbocycles. The van der Waals surface area contributed by atoms with Gasteiger partial charge in [-0.05, 0) is 126 Å². The zero-order valence-electron chi connectivity index (χ0n) is 41.2. The highest BCUT2D eigenvalue weighted by Gasteiger charge is 2.38. The minimum absolute atomic E-state index is 0.0577. The van der Waals surface area contributed by atoms with Crippen LogP contribution in [0.5, 0.6) is 0 Å². The highest BCUT2D eigenvalue weighted by Crippen LogP contribution is 2.41. The second kappa shape index (κ2) is 21.4. The molecule has 3 aromatic heterocycles. The van der Waals surface area contributed by atoms with Crippen molar-refractivity contribution in [2.45, 2.75) is 170 Å². The number of fused-ring (bicyclic) bond motifs is 8. The normalized spacial score (nSPS) is 19.6. The van der Waals surface area contributed by atoms with Crippen molar-refractivity contribution < 1.29 is 29.0 Å². The van der Waals surface area contributed by atoms with E-state index in [1.54, 1.807) is 6.92 Å². The topological polar surface area (TPSA) is 150 Å². The van der Waals surface area contributed by atoms with Crippen LogP contribution in [-0.4, -0.2) is 51.4 Å². The van der Waals surface area contributed by atoms with Gasteiger partial charge in [-0.25, -0.2) is 4.79 Å². The number of esters is 2. The lowest BCUT2D eigenvalue weighted by Crippen LogP contribution is -2.22. The van der Waals surface area contributed by atoms with Crippen molar-refractivity contribution in [2.75, 3.05) is 13.7 Å². The number of ketones is 1. The number of hydrogen-bond acceptors (Lipinski definition) is 8. The number of hydrogen-bond donors (Lipinski definition) is 2. The van der Waals surface area contributed by atoms with Crippen LogP contribution in [0.3, 0.4) is 0 Å². The van der Waals surface area contributed by atoms with E-state index in [0.717, 1.165) is 53.2 Å². The average molecular weight is 886 g/mol. The van der Waals surface area contributed by atoms with Gasteiger partial charge in [-0.15, -0.1) is 5.76 Å². The number of Topliss-reactive ketones (excluding diaryl/α,β-unsaturated/α-hetero) is 1. The summed E-state index contributed by atoms with van der Waals surface area (Å²) in [7, 11) is 1.27. The van der Waals surface area contributed by atoms with E-state index >= 15 is 0 Å². The van der Waals surface area contributed by atoms with E-state index in [2.05, 4.69) is 71.4 Å². The molecular formula is C55H73N4O6-. The van der Waals surface area contributed by atoms with Gasteiger partial charge in [0.25, 0.3) is 0 Å². The van der Waals surface area contributed by atoms with Crippen molar-refractivity contribution in [1.29, 1.82) is 0 Å². The number of methoxy groups -OCH3 is 1. The molecule has 5 heterocycles. The van der Waals surface area contributed by atoms with E-state index in [4.69, 9.17) is 19.4 Å². The van der Waals surface area contributed by atoms with Gasteiger partial charge < -0.3 is 24.5 Å². The first kappa shape index (κ1) is 49.2. The number of nitrogens with zero attached hydrogens (tertiary/aromatic N) is 2. The summed E-state index contributed by atoms with van der Waals surface area (Å²) in [5, 5.41) is 14.2. The van der Waals surface area contributed by atoms with E-state index in [1.165, 1.54) is 56.8 Å². The predicted molar refractivity (Wildman–Crippen MR) is 260 cm³/mol. The van der Waals surface area contributed by atoms with Crippen LogP contribution in [0.2, 0.25) is 0 Å². The molecule has 6 rings (SSSR count). The number of aromatic amines is 2. The predicted octanol–water partition coefficient (Wildman–Crippen LogP) is 10.8. The molecule has 10 heteroatoms. The quantitative estimate of drug-likeness (QED) is 0.0947. The van der Waals surface area contributed by atoms with Crippen LogP contribution in [-0.2, 0) is 19.1 Å². The first-order valence-corrected chi connectivity index (χ1v) is 24.2.